The molecule has 1 saturated carbocycles. The van der Waals surface area contributed by atoms with E-state index < -0.39 is 12.3 Å². The van der Waals surface area contributed by atoms with E-state index >= 15 is 0 Å². The molecule has 0 radical (unpaired) electrons. The number of nitrogens with one attached hydrogen (secondary N) is 1. The Morgan fingerprint density at radius 2 is 1.96 bits per heavy atom. The predicted octanol–water partition coefficient (Wildman–Crippen LogP) is 2.51. The molecule has 1 saturated heterocycles. The van der Waals surface area contributed by atoms with E-state index in [0.717, 1.165) is 45.1 Å². The summed E-state index contributed by atoms with van der Waals surface area (Å²) in [6.07, 6.45) is 7.30. The first-order valence-electron chi connectivity index (χ1n) is 10.5. The van der Waals surface area contributed by atoms with Crippen LogP contribution in [0.3, 0.4) is 0 Å². The van der Waals surface area contributed by atoms with E-state index in [1.807, 2.05) is 11.9 Å². The number of aldehydes is 1. The average molecular weight is 384 g/mol. The molecular formula is C20H37N3O4. The molecule has 1 unspecified atom stereocenters. The van der Waals surface area contributed by atoms with Gasteiger partial charge >= 0.3 is 0 Å². The van der Waals surface area contributed by atoms with Crippen LogP contribution in [0.25, 0.3) is 0 Å². The number of rotatable bonds is 11. The van der Waals surface area contributed by atoms with E-state index in [-0.39, 0.29) is 12.3 Å². The van der Waals surface area contributed by atoms with Crippen LogP contribution in [0, 0.1) is 11.8 Å². The zero-order valence-electron chi connectivity index (χ0n) is 17.2. The second-order valence-corrected chi connectivity index (χ2v) is 8.22. The van der Waals surface area contributed by atoms with E-state index in [4.69, 9.17) is 9.57 Å². The third-order valence-electron chi connectivity index (χ3n) is 5.20. The number of hydrazine groups is 1. The molecule has 1 amide bonds. The van der Waals surface area contributed by atoms with Crippen LogP contribution in [-0.4, -0.2) is 60.8 Å². The van der Waals surface area contributed by atoms with Gasteiger partial charge in [0.25, 0.3) is 0 Å². The molecule has 27 heavy (non-hydrogen) atoms. The summed E-state index contributed by atoms with van der Waals surface area (Å²) in [5, 5.41) is 3.35. The summed E-state index contributed by atoms with van der Waals surface area (Å²) in [6, 6.07) is -0.459. The maximum Gasteiger partial charge on any atom is 0.248 e. The lowest BCUT2D eigenvalue weighted by atomic mass is 10.1. The minimum atomic E-state index is -0.486. The number of ether oxygens (including phenoxy) is 1. The van der Waals surface area contributed by atoms with Crippen molar-refractivity contribution in [2.45, 2.75) is 78.0 Å². The van der Waals surface area contributed by atoms with Crippen LogP contribution in [0.15, 0.2) is 0 Å². The van der Waals surface area contributed by atoms with Crippen molar-refractivity contribution >= 4 is 12.2 Å². The van der Waals surface area contributed by atoms with E-state index in [1.165, 1.54) is 17.9 Å². The van der Waals surface area contributed by atoms with Gasteiger partial charge in [-0.15, -0.1) is 0 Å². The molecule has 2 atom stereocenters. The highest BCUT2D eigenvalue weighted by atomic mass is 16.8. The number of hydrogen-bond donors (Lipinski definition) is 1. The van der Waals surface area contributed by atoms with Gasteiger partial charge in [-0.1, -0.05) is 26.7 Å². The first kappa shape index (κ1) is 22.3. The number of carbonyl (C=O) groups is 2. The summed E-state index contributed by atoms with van der Waals surface area (Å²) in [6.45, 7) is 8.77. The molecule has 0 aromatic heterocycles. The molecule has 1 aliphatic carbocycles. The molecule has 7 heteroatoms. The first-order valence-corrected chi connectivity index (χ1v) is 10.5. The van der Waals surface area contributed by atoms with Gasteiger partial charge in [0.1, 0.15) is 6.29 Å². The van der Waals surface area contributed by atoms with Gasteiger partial charge in [0.2, 0.25) is 5.91 Å². The fourth-order valence-electron chi connectivity index (χ4n) is 3.67. The third-order valence-corrected chi connectivity index (χ3v) is 5.20. The molecule has 0 bridgehead atoms. The number of hydroxylamine groups is 2. The maximum atomic E-state index is 12.9. The van der Waals surface area contributed by atoms with E-state index in [2.05, 4.69) is 19.3 Å². The number of nitrogens with zero attached hydrogens (tertiary/aromatic N) is 2. The highest BCUT2D eigenvalue weighted by Crippen LogP contribution is 2.26. The van der Waals surface area contributed by atoms with Gasteiger partial charge in [-0.3, -0.25) is 10.2 Å². The van der Waals surface area contributed by atoms with Gasteiger partial charge in [-0.25, -0.2) is 14.9 Å². The fraction of sp³-hybridized carbons (Fsp3) is 0.900. The molecule has 0 aromatic carbocycles. The molecule has 0 spiro atoms. The molecule has 1 aliphatic heterocycles. The topological polar surface area (TPSA) is 71.1 Å². The Labute approximate surface area is 163 Å². The highest BCUT2D eigenvalue weighted by molar-refractivity contribution is 5.79. The maximum absolute atomic E-state index is 12.9. The Morgan fingerprint density at radius 3 is 2.56 bits per heavy atom. The third kappa shape index (κ3) is 7.86. The molecule has 2 rings (SSSR count). The Morgan fingerprint density at radius 1 is 1.22 bits per heavy atom. The van der Waals surface area contributed by atoms with Crippen LogP contribution in [-0.2, 0) is 19.2 Å². The Balaban J connectivity index is 1.94. The predicted molar refractivity (Wildman–Crippen MR) is 103 cm³/mol. The normalized spacial score (nSPS) is 21.3. The molecule has 1 heterocycles. The van der Waals surface area contributed by atoms with Crippen LogP contribution in [0.2, 0.25) is 0 Å². The van der Waals surface area contributed by atoms with E-state index in [0.29, 0.717) is 25.0 Å². The zero-order valence-corrected chi connectivity index (χ0v) is 17.2. The standard InChI is InChI=1S/C20H37N3O4/c1-16(2)15-26-17(3)27-23(13-18-8-4-5-9-18)20(25)12-19(14-24)22-11-7-6-10-21-22/h14,16-19,21H,4-13,15H2,1-3H3/t17?,19-/m1/s1. The van der Waals surface area contributed by atoms with E-state index in [1.54, 1.807) is 0 Å². The average Bonchev–Trinajstić information content (AvgIpc) is 3.17. The number of hydrogen-bond acceptors (Lipinski definition) is 6. The summed E-state index contributed by atoms with van der Waals surface area (Å²) >= 11 is 0. The Bertz CT molecular complexity index is 449. The Kier molecular flexibility index (Phi) is 9.68. The van der Waals surface area contributed by atoms with Gasteiger partial charge < -0.3 is 9.53 Å². The SMILES string of the molecule is CC(C)COC(C)ON(CC1CCCC1)C(=O)C[C@H](C=O)N1CCCCN1. The highest BCUT2D eigenvalue weighted by Gasteiger charge is 2.29. The van der Waals surface area contributed by atoms with Gasteiger partial charge in [0, 0.05) is 13.1 Å². The molecule has 1 N–H and O–H groups in total. The Hall–Kier alpha value is -1.02. The summed E-state index contributed by atoms with van der Waals surface area (Å²) in [4.78, 5) is 30.4. The lowest BCUT2D eigenvalue weighted by Crippen LogP contribution is -2.52. The van der Waals surface area contributed by atoms with Crippen LogP contribution in [0.5, 0.6) is 0 Å². The zero-order chi connectivity index (χ0) is 19.6. The van der Waals surface area contributed by atoms with Crippen molar-refractivity contribution in [1.29, 1.82) is 0 Å². The van der Waals surface area contributed by atoms with Crippen LogP contribution < -0.4 is 5.43 Å². The fourth-order valence-corrected chi connectivity index (χ4v) is 3.67. The van der Waals surface area contributed by atoms with Crippen molar-refractivity contribution in [3.63, 3.8) is 0 Å². The lowest BCUT2D eigenvalue weighted by Gasteiger charge is -2.33. The second-order valence-electron chi connectivity index (χ2n) is 8.22. The monoisotopic (exact) mass is 383 g/mol. The van der Waals surface area contributed by atoms with Crippen LogP contribution in [0.4, 0.5) is 0 Å². The quantitative estimate of drug-likeness (QED) is 0.336. The van der Waals surface area contributed by atoms with Crippen molar-refractivity contribution in [1.82, 2.24) is 15.5 Å². The number of amides is 1. The summed E-state index contributed by atoms with van der Waals surface area (Å²) in [7, 11) is 0. The summed E-state index contributed by atoms with van der Waals surface area (Å²) in [5.74, 6) is 0.722. The molecule has 2 aliphatic rings. The smallest absolute Gasteiger partial charge is 0.248 e. The summed E-state index contributed by atoms with van der Waals surface area (Å²) in [5.41, 5.74) is 3.23. The van der Waals surface area contributed by atoms with Gasteiger partial charge in [0.05, 0.1) is 25.6 Å². The second kappa shape index (κ2) is 11.7. The largest absolute Gasteiger partial charge is 0.350 e. The molecule has 156 valence electrons. The summed E-state index contributed by atoms with van der Waals surface area (Å²) < 4.78 is 5.69. The lowest BCUT2D eigenvalue weighted by molar-refractivity contribution is -0.269. The minimum Gasteiger partial charge on any atom is -0.350 e. The molecule has 2 fully saturated rings. The van der Waals surface area contributed by atoms with Crippen LogP contribution in [0.1, 0.15) is 65.7 Å². The van der Waals surface area contributed by atoms with Crippen LogP contribution >= 0.6 is 0 Å². The van der Waals surface area contributed by atoms with Gasteiger partial charge in [-0.2, -0.15) is 0 Å². The van der Waals surface area contributed by atoms with Crippen molar-refractivity contribution in [3.05, 3.63) is 0 Å². The van der Waals surface area contributed by atoms with Crippen molar-refractivity contribution in [3.8, 4) is 0 Å². The minimum absolute atomic E-state index is 0.125. The molecule has 0 aromatic rings. The van der Waals surface area contributed by atoms with Crippen molar-refractivity contribution < 1.29 is 19.2 Å². The van der Waals surface area contributed by atoms with E-state index in [9.17, 15) is 9.59 Å². The number of carbonyl (C=O) groups excluding carboxylic acids is 2. The van der Waals surface area contributed by atoms with Gasteiger partial charge in [0.15, 0.2) is 6.29 Å². The first-order chi connectivity index (χ1) is 13.0. The van der Waals surface area contributed by atoms with Crippen molar-refractivity contribution in [2.75, 3.05) is 26.2 Å². The molecule has 7 nitrogen and oxygen atoms in total. The van der Waals surface area contributed by atoms with Gasteiger partial charge in [-0.05, 0) is 44.4 Å². The van der Waals surface area contributed by atoms with Crippen molar-refractivity contribution in [2.24, 2.45) is 11.8 Å². The molecular weight excluding hydrogens is 346 g/mol.